The molecule has 6 aliphatic heterocycles. The minimum Gasteiger partial charge on any atom is -0.373 e. The van der Waals surface area contributed by atoms with Gasteiger partial charge in [0.25, 0.3) is 0 Å². The van der Waals surface area contributed by atoms with Crippen LogP contribution < -0.4 is 0 Å². The first-order valence-electron chi connectivity index (χ1n) is 27.5. The Morgan fingerprint density at radius 1 is 0.212 bits per heavy atom. The van der Waals surface area contributed by atoms with Crippen LogP contribution in [-0.2, 0) is 49.4 Å². The van der Waals surface area contributed by atoms with E-state index in [1.54, 1.807) is 0 Å². The third-order valence-electron chi connectivity index (χ3n) is 18.5. The van der Waals surface area contributed by atoms with Gasteiger partial charge in [0.2, 0.25) is 0 Å². The normalized spacial score (nSPS) is 47.0. The average Bonchev–Trinajstić information content (AvgIpc) is 3.32. The predicted molar refractivity (Wildman–Crippen MR) is 270 cm³/mol. The lowest BCUT2D eigenvalue weighted by atomic mass is 10.0. The highest BCUT2D eigenvalue weighted by Crippen LogP contribution is 2.66. The van der Waals surface area contributed by atoms with Crippen molar-refractivity contribution in [3.05, 3.63) is 0 Å². The fourth-order valence-electron chi connectivity index (χ4n) is 15.0. The molecule has 0 spiro atoms. The Kier molecular flexibility index (Phi) is 14.3. The van der Waals surface area contributed by atoms with Crippen molar-refractivity contribution in [2.45, 2.75) is 264 Å². The molecule has 0 N–H and O–H groups in total. The lowest BCUT2D eigenvalue weighted by molar-refractivity contribution is -0.0472. The van der Waals surface area contributed by atoms with Gasteiger partial charge in [0, 0.05) is 38.8 Å². The van der Waals surface area contributed by atoms with E-state index in [1.165, 1.54) is 25.7 Å². The lowest BCUT2D eigenvalue weighted by Crippen LogP contribution is -2.92. The van der Waals surface area contributed by atoms with Crippen LogP contribution in [0, 0.1) is 0 Å². The lowest BCUT2D eigenvalue weighted by Gasteiger charge is -2.68. The smallest absolute Gasteiger partial charge is 0.373 e. The summed E-state index contributed by atoms with van der Waals surface area (Å²) in [6, 6.07) is 0. The highest BCUT2D eigenvalue weighted by atomic mass is 35.8. The van der Waals surface area contributed by atoms with Gasteiger partial charge in [-0.05, 0) is 89.9 Å². The van der Waals surface area contributed by atoms with Gasteiger partial charge in [-0.15, -0.1) is 33.2 Å². The molecule has 0 aromatic rings. The molecule has 0 aromatic heterocycles. The van der Waals surface area contributed by atoms with Crippen LogP contribution >= 0.6 is 33.2 Å². The number of halogens is 3. The van der Waals surface area contributed by atoms with E-state index in [-0.39, 0.29) is 38.8 Å². The number of hydrogen-bond donors (Lipinski definition) is 0. The summed E-state index contributed by atoms with van der Waals surface area (Å²) in [5, 5.41) is 0. The van der Waals surface area contributed by atoms with Crippen LogP contribution in [0.25, 0.3) is 0 Å². The van der Waals surface area contributed by atoms with Gasteiger partial charge in [0.05, 0.1) is 0 Å². The van der Waals surface area contributed by atoms with E-state index < -0.39 is 75.5 Å². The molecule has 0 atom stereocenters. The topological polar surface area (TPSA) is 111 Å². The van der Waals surface area contributed by atoms with Crippen molar-refractivity contribution in [2.75, 3.05) is 0 Å². The summed E-state index contributed by atoms with van der Waals surface area (Å²) < 4.78 is 102. The summed E-state index contributed by atoms with van der Waals surface area (Å²) in [5.41, 5.74) is -4.67. The third-order valence-corrected chi connectivity index (χ3v) is 68.4. The van der Waals surface area contributed by atoms with Crippen LogP contribution in [0.15, 0.2) is 0 Å². The minimum absolute atomic E-state index is 0.00599. The van der Waals surface area contributed by atoms with Gasteiger partial charge in [-0.1, -0.05) is 135 Å². The zero-order valence-electron chi connectivity index (χ0n) is 39.3. The standard InChI is InChI=1S/C42H77Cl3O12Si9/c43-65(44,45)66-55-62(40-30-16-5-17-31-40)49-59(37-24-10-2-11-25-37)46-58(36-22-8-1-9-23-36)47-60(51-62,38-26-12-3-13-27-38)53-64(57-66,42-34-20-7-21-35-42)54-61(48-58,39-28-14-4-15-29-39)52-63(50-59,56-66)41-32-18-6-19-33-41/h36-42H,1-35H2. The monoisotopic (exact) mass is 1130 g/mol. The van der Waals surface area contributed by atoms with E-state index in [0.29, 0.717) is 0 Å². The average molecular weight is 1130 g/mol. The Labute approximate surface area is 418 Å². The van der Waals surface area contributed by atoms with Crippen molar-refractivity contribution in [2.24, 2.45) is 0 Å². The fraction of sp³-hybridized carbons (Fsp3) is 1.00. The molecule has 0 aromatic carbocycles. The van der Waals surface area contributed by atoms with E-state index in [0.717, 1.165) is 199 Å². The molecule has 13 aliphatic rings. The molecule has 0 unspecified atom stereocenters. The minimum atomic E-state index is -4.64. The molecule has 8 bridgehead atoms. The van der Waals surface area contributed by atoms with Crippen molar-refractivity contribution in [3.63, 3.8) is 0 Å². The van der Waals surface area contributed by atoms with Gasteiger partial charge in [-0.25, -0.2) is 0 Å². The van der Waals surface area contributed by atoms with Gasteiger partial charge in [-0.2, -0.15) is 0 Å². The van der Waals surface area contributed by atoms with E-state index in [2.05, 4.69) is 0 Å². The van der Waals surface area contributed by atoms with E-state index in [1.807, 2.05) is 0 Å². The molecule has 0 radical (unpaired) electrons. The van der Waals surface area contributed by atoms with Crippen LogP contribution in [0.3, 0.4) is 0 Å². The Bertz CT molecular complexity index is 1530. The van der Waals surface area contributed by atoms with Gasteiger partial charge in [-0.3, -0.25) is 0 Å². The highest BCUT2D eigenvalue weighted by molar-refractivity contribution is 7.87. The molecular formula is C42H77Cl3O12Si9. The van der Waals surface area contributed by atoms with Crippen molar-refractivity contribution >= 4 is 109 Å². The molecule has 6 saturated heterocycles. The molecule has 374 valence electrons. The van der Waals surface area contributed by atoms with Crippen molar-refractivity contribution in [1.29, 1.82) is 0 Å². The molecular weight excluding hydrogens is 1060 g/mol. The van der Waals surface area contributed by atoms with Crippen LogP contribution in [0.5, 0.6) is 0 Å². The Morgan fingerprint density at radius 2 is 0.348 bits per heavy atom. The second-order valence-corrected chi connectivity index (χ2v) is 62.7. The summed E-state index contributed by atoms with van der Waals surface area (Å²) in [5.74, 6) is 0. The summed E-state index contributed by atoms with van der Waals surface area (Å²) >= 11 is 23.4. The molecule has 6 heterocycles. The van der Waals surface area contributed by atoms with Crippen molar-refractivity contribution in [1.82, 2.24) is 0 Å². The Hall–Kier alpha value is 2.34. The summed E-state index contributed by atoms with van der Waals surface area (Å²) in [4.78, 5) is 0. The maximum atomic E-state index is 8.62. The van der Waals surface area contributed by atoms with Crippen LogP contribution in [0.2, 0.25) is 38.8 Å². The van der Waals surface area contributed by atoms with Gasteiger partial charge < -0.3 is 49.4 Å². The summed E-state index contributed by atoms with van der Waals surface area (Å²) in [6.45, 7) is 0. The molecule has 24 heteroatoms. The molecule has 13 fully saturated rings. The van der Waals surface area contributed by atoms with Gasteiger partial charge >= 0.3 is 75.5 Å². The van der Waals surface area contributed by atoms with Gasteiger partial charge in [0.1, 0.15) is 0 Å². The fourth-order valence-corrected chi connectivity index (χ4v) is 86.3. The van der Waals surface area contributed by atoms with Crippen molar-refractivity contribution < 1.29 is 49.4 Å². The Balaban J connectivity index is 1.20. The summed E-state index contributed by atoms with van der Waals surface area (Å²) in [7, 11) is -33.6. The quantitative estimate of drug-likeness (QED) is 0.170. The largest absolute Gasteiger partial charge is 0.505 e. The van der Waals surface area contributed by atoms with E-state index in [9.17, 15) is 0 Å². The predicted octanol–water partition coefficient (Wildman–Crippen LogP) is 13.8. The second-order valence-electron chi connectivity index (χ2n) is 22.8. The highest BCUT2D eigenvalue weighted by Gasteiger charge is 2.90. The van der Waals surface area contributed by atoms with Crippen molar-refractivity contribution in [3.8, 4) is 0 Å². The number of rotatable bonds is 8. The zero-order chi connectivity index (χ0) is 44.8. The second kappa shape index (κ2) is 19.2. The number of hydrogen-bond acceptors (Lipinski definition) is 12. The van der Waals surface area contributed by atoms with E-state index in [4.69, 9.17) is 82.6 Å². The zero-order valence-corrected chi connectivity index (χ0v) is 50.6. The van der Waals surface area contributed by atoms with Gasteiger partial charge in [0.15, 0.2) is 0 Å². The molecule has 7 saturated carbocycles. The maximum absolute atomic E-state index is 8.62. The first kappa shape index (κ1) is 49.2. The maximum Gasteiger partial charge on any atom is 0.505 e. The molecule has 66 heavy (non-hydrogen) atoms. The first-order chi connectivity index (χ1) is 32.0. The summed E-state index contributed by atoms with van der Waals surface area (Å²) in [6.07, 6.45) is 35.5. The molecule has 12 nitrogen and oxygen atoms in total. The van der Waals surface area contributed by atoms with Crippen LogP contribution in [0.4, 0.5) is 0 Å². The molecule has 13 rings (SSSR count). The molecule has 7 aliphatic carbocycles. The third kappa shape index (κ3) is 8.61. The van der Waals surface area contributed by atoms with Crippen LogP contribution in [-0.4, -0.2) is 75.5 Å². The first-order valence-corrected chi connectivity index (χ1v) is 47.8. The van der Waals surface area contributed by atoms with E-state index >= 15 is 0 Å². The Morgan fingerprint density at radius 3 is 0.485 bits per heavy atom. The SMILES string of the molecule is Cl[Si](Cl)(Cl)[Si]12O[Si]3(C4CCCCC4)O[Si]4(C5CCCCC5)O[Si]5(C6CCCCC6)O[Si](C6CCCCC6)(O3)O[Si](C3CCCCC3)(O[Si](C3CCCCC3)(O5)O[Si](C3CCCCC3)(O4)O1)O2. The van der Waals surface area contributed by atoms with Crippen LogP contribution in [0.1, 0.15) is 225 Å². The molecule has 0 amide bonds.